The summed E-state index contributed by atoms with van der Waals surface area (Å²) in [5.41, 5.74) is 1.91. The third kappa shape index (κ3) is 2.04. The van der Waals surface area contributed by atoms with Crippen LogP contribution in [-0.2, 0) is 6.42 Å². The minimum Gasteiger partial charge on any atom is -0.322 e. The van der Waals surface area contributed by atoms with Crippen molar-refractivity contribution >= 4 is 44.8 Å². The van der Waals surface area contributed by atoms with Crippen molar-refractivity contribution < 1.29 is 0 Å². The van der Waals surface area contributed by atoms with E-state index in [9.17, 15) is 0 Å². The number of aromatic nitrogens is 4. The van der Waals surface area contributed by atoms with Gasteiger partial charge in [-0.05, 0) is 29.5 Å². The molecule has 18 heavy (non-hydrogen) atoms. The van der Waals surface area contributed by atoms with Gasteiger partial charge in [-0.1, -0.05) is 6.92 Å². The molecular weight excluding hydrogens is 270 g/mol. The molecule has 0 radical (unpaired) electrons. The minimum atomic E-state index is 0.231. The van der Waals surface area contributed by atoms with Crippen molar-refractivity contribution in [2.75, 3.05) is 5.32 Å². The molecule has 0 atom stereocenters. The molecule has 0 bridgehead atoms. The smallest absolute Gasteiger partial charge is 0.224 e. The van der Waals surface area contributed by atoms with E-state index in [-0.39, 0.29) is 5.28 Å². The van der Waals surface area contributed by atoms with Crippen molar-refractivity contribution in [3.05, 3.63) is 28.5 Å². The van der Waals surface area contributed by atoms with Crippen molar-refractivity contribution in [2.45, 2.75) is 13.3 Å². The lowest BCUT2D eigenvalue weighted by atomic mass is 10.3. The maximum atomic E-state index is 5.89. The van der Waals surface area contributed by atoms with Gasteiger partial charge in [0.25, 0.3) is 0 Å². The largest absolute Gasteiger partial charge is 0.322 e. The molecule has 5 nitrogen and oxygen atoms in total. The Hall–Kier alpha value is -1.66. The van der Waals surface area contributed by atoms with Gasteiger partial charge in [0, 0.05) is 11.8 Å². The van der Waals surface area contributed by atoms with Gasteiger partial charge in [-0.25, -0.2) is 4.98 Å². The van der Waals surface area contributed by atoms with Gasteiger partial charge < -0.3 is 5.32 Å². The van der Waals surface area contributed by atoms with Gasteiger partial charge in [0.1, 0.15) is 0 Å². The third-order valence-electron chi connectivity index (χ3n) is 2.53. The molecule has 0 saturated heterocycles. The molecule has 0 aliphatic carbocycles. The summed E-state index contributed by atoms with van der Waals surface area (Å²) in [5, 5.41) is 12.5. The lowest BCUT2D eigenvalue weighted by Gasteiger charge is -2.03. The first-order chi connectivity index (χ1) is 8.76. The first-order valence-corrected chi connectivity index (χ1v) is 6.74. The number of thiophene rings is 1. The van der Waals surface area contributed by atoms with E-state index in [2.05, 4.69) is 32.4 Å². The number of nitrogens with zero attached hydrogens (tertiary/aromatic N) is 3. The minimum absolute atomic E-state index is 0.231. The summed E-state index contributed by atoms with van der Waals surface area (Å²) in [6, 6.07) is 3.87. The predicted molar refractivity (Wildman–Crippen MR) is 73.7 cm³/mol. The molecule has 0 saturated carbocycles. The summed E-state index contributed by atoms with van der Waals surface area (Å²) < 4.78 is 0.973. The van der Waals surface area contributed by atoms with E-state index in [1.165, 1.54) is 0 Å². The van der Waals surface area contributed by atoms with E-state index in [1.54, 1.807) is 11.3 Å². The number of anilines is 2. The van der Waals surface area contributed by atoms with Crippen LogP contribution in [-0.4, -0.2) is 20.2 Å². The zero-order chi connectivity index (χ0) is 12.5. The second-order valence-electron chi connectivity index (χ2n) is 3.73. The maximum Gasteiger partial charge on any atom is 0.224 e. The van der Waals surface area contributed by atoms with Gasteiger partial charge in [0.05, 0.1) is 10.2 Å². The molecule has 0 spiro atoms. The second kappa shape index (κ2) is 4.55. The maximum absolute atomic E-state index is 5.89. The van der Waals surface area contributed by atoms with Crippen LogP contribution in [0.1, 0.15) is 12.6 Å². The van der Waals surface area contributed by atoms with E-state index in [0.29, 0.717) is 5.82 Å². The van der Waals surface area contributed by atoms with Gasteiger partial charge in [-0.2, -0.15) is 10.1 Å². The normalized spacial score (nSPS) is 11.0. The number of aryl methyl sites for hydroxylation is 1. The average molecular weight is 280 g/mol. The molecule has 0 aliphatic rings. The second-order valence-corrected chi connectivity index (χ2v) is 4.99. The molecule has 3 aromatic heterocycles. The van der Waals surface area contributed by atoms with E-state index in [1.807, 2.05) is 17.5 Å². The Bertz CT molecular complexity index is 690. The molecule has 0 fully saturated rings. The highest BCUT2D eigenvalue weighted by Gasteiger charge is 2.09. The standard InChI is InChI=1S/C11H10ClN5S/c1-2-6-5-8(17-16-6)14-10-9-7(3-4-18-9)13-11(12)15-10/h3-5H,2H2,1H3,(H2,13,14,15,16,17). The van der Waals surface area contributed by atoms with Gasteiger partial charge in [-0.3, -0.25) is 5.10 Å². The van der Waals surface area contributed by atoms with Crippen LogP contribution in [0.3, 0.4) is 0 Å². The molecule has 3 aromatic rings. The van der Waals surface area contributed by atoms with Crippen LogP contribution in [0.15, 0.2) is 17.5 Å². The number of hydrogen-bond acceptors (Lipinski definition) is 5. The zero-order valence-corrected chi connectivity index (χ0v) is 11.1. The first kappa shape index (κ1) is 11.4. The molecule has 0 amide bonds. The van der Waals surface area contributed by atoms with Crippen LogP contribution in [0.4, 0.5) is 11.6 Å². The van der Waals surface area contributed by atoms with Gasteiger partial charge in [-0.15, -0.1) is 11.3 Å². The lowest BCUT2D eigenvalue weighted by Crippen LogP contribution is -1.95. The van der Waals surface area contributed by atoms with E-state index < -0.39 is 0 Å². The summed E-state index contributed by atoms with van der Waals surface area (Å²) in [6.45, 7) is 2.07. The number of H-pyrrole nitrogens is 1. The molecule has 3 heterocycles. The highest BCUT2D eigenvalue weighted by atomic mass is 35.5. The number of nitrogens with one attached hydrogen (secondary N) is 2. The monoisotopic (exact) mass is 279 g/mol. The average Bonchev–Trinajstić information content (AvgIpc) is 2.97. The number of rotatable bonds is 3. The van der Waals surface area contributed by atoms with Crippen molar-refractivity contribution in [3.63, 3.8) is 0 Å². The van der Waals surface area contributed by atoms with Crippen LogP contribution < -0.4 is 5.32 Å². The Kier molecular flexibility index (Phi) is 2.89. The topological polar surface area (TPSA) is 66.5 Å². The Morgan fingerprint density at radius 1 is 1.44 bits per heavy atom. The van der Waals surface area contributed by atoms with Crippen LogP contribution in [0.5, 0.6) is 0 Å². The Balaban J connectivity index is 2.00. The SMILES string of the molecule is CCc1cc(Nc2nc(Cl)nc3ccsc23)n[nH]1. The fraction of sp³-hybridized carbons (Fsp3) is 0.182. The Morgan fingerprint density at radius 3 is 3.11 bits per heavy atom. The third-order valence-corrected chi connectivity index (χ3v) is 3.61. The molecule has 0 aromatic carbocycles. The predicted octanol–water partition coefficient (Wildman–Crippen LogP) is 3.37. The summed E-state index contributed by atoms with van der Waals surface area (Å²) in [6.07, 6.45) is 0.910. The van der Waals surface area contributed by atoms with Gasteiger partial charge in [0.2, 0.25) is 5.28 Å². The Labute approximate surface area is 112 Å². The molecule has 92 valence electrons. The van der Waals surface area contributed by atoms with E-state index >= 15 is 0 Å². The zero-order valence-electron chi connectivity index (χ0n) is 9.57. The van der Waals surface area contributed by atoms with Crippen LogP contribution in [0.25, 0.3) is 10.2 Å². The molecular formula is C11H10ClN5S. The van der Waals surface area contributed by atoms with Crippen LogP contribution in [0.2, 0.25) is 5.28 Å². The molecule has 3 rings (SSSR count). The summed E-state index contributed by atoms with van der Waals surface area (Å²) in [7, 11) is 0. The van der Waals surface area contributed by atoms with E-state index in [4.69, 9.17) is 11.6 Å². The van der Waals surface area contributed by atoms with Crippen molar-refractivity contribution in [3.8, 4) is 0 Å². The highest BCUT2D eigenvalue weighted by molar-refractivity contribution is 7.17. The number of fused-ring (bicyclic) bond motifs is 1. The summed E-state index contributed by atoms with van der Waals surface area (Å²) in [5.74, 6) is 1.42. The molecule has 0 unspecified atom stereocenters. The summed E-state index contributed by atoms with van der Waals surface area (Å²) >= 11 is 7.46. The van der Waals surface area contributed by atoms with Gasteiger partial charge >= 0.3 is 0 Å². The molecule has 0 aliphatic heterocycles. The first-order valence-electron chi connectivity index (χ1n) is 5.48. The van der Waals surface area contributed by atoms with Crippen LogP contribution in [0, 0.1) is 0 Å². The molecule has 2 N–H and O–H groups in total. The Morgan fingerprint density at radius 2 is 2.33 bits per heavy atom. The van der Waals surface area contributed by atoms with Crippen molar-refractivity contribution in [1.82, 2.24) is 20.2 Å². The summed E-state index contributed by atoms with van der Waals surface area (Å²) in [4.78, 5) is 8.36. The fourth-order valence-corrected chi connectivity index (χ4v) is 2.60. The number of halogens is 1. The van der Waals surface area contributed by atoms with Crippen molar-refractivity contribution in [1.29, 1.82) is 0 Å². The highest BCUT2D eigenvalue weighted by Crippen LogP contribution is 2.29. The lowest BCUT2D eigenvalue weighted by molar-refractivity contribution is 0.976. The quantitative estimate of drug-likeness (QED) is 0.721. The number of aromatic amines is 1. The molecule has 7 heteroatoms. The number of hydrogen-bond donors (Lipinski definition) is 2. The van der Waals surface area contributed by atoms with Gasteiger partial charge in [0.15, 0.2) is 11.6 Å². The fourth-order valence-electron chi connectivity index (χ4n) is 1.65. The van der Waals surface area contributed by atoms with E-state index in [0.717, 1.165) is 28.1 Å². The van der Waals surface area contributed by atoms with Crippen LogP contribution >= 0.6 is 22.9 Å². The van der Waals surface area contributed by atoms with Crippen molar-refractivity contribution in [2.24, 2.45) is 0 Å².